The van der Waals surface area contributed by atoms with Gasteiger partial charge in [-0.25, -0.2) is 0 Å². The fraction of sp³-hybridized carbons (Fsp3) is 0.444. The Balaban J connectivity index is 1.24. The lowest BCUT2D eigenvalue weighted by Gasteiger charge is -2.37. The summed E-state index contributed by atoms with van der Waals surface area (Å²) in [6.45, 7) is 2.18. The number of anilines is 1. The van der Waals surface area contributed by atoms with Crippen LogP contribution >= 0.6 is 23.1 Å². The van der Waals surface area contributed by atoms with E-state index in [9.17, 15) is 9.59 Å². The van der Waals surface area contributed by atoms with E-state index in [4.69, 9.17) is 9.47 Å². The van der Waals surface area contributed by atoms with Crippen molar-refractivity contribution in [2.24, 2.45) is 0 Å². The van der Waals surface area contributed by atoms with Crippen LogP contribution < -0.4 is 14.8 Å². The molecular weight excluding hydrogens is 414 g/mol. The van der Waals surface area contributed by atoms with Crippen LogP contribution in [0.15, 0.2) is 28.6 Å². The van der Waals surface area contributed by atoms with E-state index >= 15 is 0 Å². The quantitative estimate of drug-likeness (QED) is 0.700. The van der Waals surface area contributed by atoms with E-state index in [1.165, 1.54) is 23.1 Å². The maximum atomic E-state index is 12.8. The van der Waals surface area contributed by atoms with Crippen molar-refractivity contribution in [1.82, 2.24) is 20.0 Å². The Hall–Kier alpha value is -2.53. The molecule has 11 heteroatoms. The normalized spacial score (nSPS) is 18.4. The van der Waals surface area contributed by atoms with Crippen molar-refractivity contribution in [2.45, 2.75) is 10.4 Å². The van der Waals surface area contributed by atoms with Crippen LogP contribution in [0.3, 0.4) is 0 Å². The highest BCUT2D eigenvalue weighted by Gasteiger charge is 2.33. The Morgan fingerprint density at radius 2 is 1.90 bits per heavy atom. The number of piperazine rings is 1. The van der Waals surface area contributed by atoms with Gasteiger partial charge < -0.3 is 24.6 Å². The number of nitrogens with zero attached hydrogens (tertiary/aromatic N) is 4. The Labute approximate surface area is 176 Å². The molecule has 2 aliphatic rings. The van der Waals surface area contributed by atoms with Gasteiger partial charge in [-0.1, -0.05) is 35.2 Å². The van der Waals surface area contributed by atoms with Crippen LogP contribution in [0.2, 0.25) is 0 Å². The van der Waals surface area contributed by atoms with Crippen LogP contribution in [-0.2, 0) is 9.59 Å². The number of carbonyl (C=O) groups excluding carboxylic acids is 2. The van der Waals surface area contributed by atoms with Gasteiger partial charge in [-0.05, 0) is 12.1 Å². The predicted octanol–water partition coefficient (Wildman–Crippen LogP) is 1.18. The van der Waals surface area contributed by atoms with E-state index in [2.05, 4.69) is 15.5 Å². The Morgan fingerprint density at radius 1 is 1.17 bits per heavy atom. The van der Waals surface area contributed by atoms with E-state index in [0.717, 1.165) is 9.47 Å². The molecule has 1 saturated heterocycles. The number of nitrogens with one attached hydrogen (secondary N) is 1. The van der Waals surface area contributed by atoms with Crippen molar-refractivity contribution in [2.75, 3.05) is 50.9 Å². The molecule has 1 aromatic heterocycles. The molecule has 9 nitrogen and oxygen atoms in total. The number of rotatable bonds is 5. The third-order valence-electron chi connectivity index (χ3n) is 4.67. The molecule has 2 aliphatic heterocycles. The van der Waals surface area contributed by atoms with Crippen LogP contribution in [0.4, 0.5) is 5.13 Å². The number of aromatic nitrogens is 2. The molecule has 2 amide bonds. The molecule has 1 N–H and O–H groups in total. The number of hydrogen-bond acceptors (Lipinski definition) is 9. The highest BCUT2D eigenvalue weighted by atomic mass is 32.2. The summed E-state index contributed by atoms with van der Waals surface area (Å²) >= 11 is 2.80. The monoisotopic (exact) mass is 435 g/mol. The molecule has 0 aliphatic carbocycles. The maximum absolute atomic E-state index is 12.8. The molecule has 1 atom stereocenters. The molecule has 1 unspecified atom stereocenters. The molecule has 2 aromatic rings. The zero-order valence-electron chi connectivity index (χ0n) is 15.9. The van der Waals surface area contributed by atoms with Crippen LogP contribution in [-0.4, -0.2) is 83.5 Å². The largest absolute Gasteiger partial charge is 0.485 e. The zero-order chi connectivity index (χ0) is 20.2. The topological polar surface area (TPSA) is 96.9 Å². The van der Waals surface area contributed by atoms with Gasteiger partial charge in [0.05, 0.1) is 5.75 Å². The second-order valence-electron chi connectivity index (χ2n) is 6.48. The minimum atomic E-state index is -0.651. The van der Waals surface area contributed by atoms with Gasteiger partial charge in [-0.2, -0.15) is 0 Å². The summed E-state index contributed by atoms with van der Waals surface area (Å²) in [5.41, 5.74) is 0. The fourth-order valence-electron chi connectivity index (χ4n) is 3.10. The van der Waals surface area contributed by atoms with Crippen LogP contribution in [0.25, 0.3) is 0 Å². The average Bonchev–Trinajstić information content (AvgIpc) is 3.25. The highest BCUT2D eigenvalue weighted by molar-refractivity contribution is 8.01. The van der Waals surface area contributed by atoms with Gasteiger partial charge in [0.15, 0.2) is 15.8 Å². The number of fused-ring (bicyclic) bond motifs is 1. The SMILES string of the molecule is CNc1nnc(SCC(=O)N2CCN(C(=O)C3COc4ccccc4O3)CC2)s1. The number of carbonyl (C=O) groups is 2. The van der Waals surface area contributed by atoms with E-state index in [1.807, 2.05) is 18.2 Å². The number of ether oxygens (including phenoxy) is 2. The molecule has 1 fully saturated rings. The smallest absolute Gasteiger partial charge is 0.267 e. The number of benzene rings is 1. The first-order chi connectivity index (χ1) is 14.1. The summed E-state index contributed by atoms with van der Waals surface area (Å²) in [4.78, 5) is 28.8. The summed E-state index contributed by atoms with van der Waals surface area (Å²) in [6.07, 6.45) is -0.651. The molecule has 0 bridgehead atoms. The van der Waals surface area contributed by atoms with Crippen molar-refractivity contribution in [3.63, 3.8) is 0 Å². The average molecular weight is 436 g/mol. The number of para-hydroxylation sites is 2. The van der Waals surface area contributed by atoms with Crippen molar-refractivity contribution in [3.8, 4) is 11.5 Å². The van der Waals surface area contributed by atoms with Gasteiger partial charge in [0.2, 0.25) is 17.1 Å². The van der Waals surface area contributed by atoms with E-state index in [0.29, 0.717) is 43.4 Å². The summed E-state index contributed by atoms with van der Waals surface area (Å²) < 4.78 is 12.2. The molecular formula is C18H21N5O4S2. The van der Waals surface area contributed by atoms with Gasteiger partial charge in [0.1, 0.15) is 6.61 Å². The second kappa shape index (κ2) is 8.87. The number of hydrogen-bond donors (Lipinski definition) is 1. The van der Waals surface area contributed by atoms with Gasteiger partial charge >= 0.3 is 0 Å². The fourth-order valence-corrected chi connectivity index (χ4v) is 4.71. The molecule has 154 valence electrons. The standard InChI is InChI=1S/C18H21N5O4S2/c1-19-17-20-21-18(29-17)28-11-15(24)22-6-8-23(9-7-22)16(25)14-10-26-12-4-2-3-5-13(12)27-14/h2-5,14H,6-11H2,1H3,(H,19,20). The van der Waals surface area contributed by atoms with Crippen molar-refractivity contribution in [1.29, 1.82) is 0 Å². The van der Waals surface area contributed by atoms with Crippen LogP contribution in [0.1, 0.15) is 0 Å². The Bertz CT molecular complexity index is 885. The first-order valence-electron chi connectivity index (χ1n) is 9.23. The summed E-state index contributed by atoms with van der Waals surface area (Å²) in [5, 5.41) is 11.6. The molecule has 0 spiro atoms. The van der Waals surface area contributed by atoms with E-state index < -0.39 is 6.10 Å². The van der Waals surface area contributed by atoms with Crippen LogP contribution in [0.5, 0.6) is 11.5 Å². The van der Waals surface area contributed by atoms with E-state index in [-0.39, 0.29) is 18.4 Å². The van der Waals surface area contributed by atoms with Crippen LogP contribution in [0, 0.1) is 0 Å². The van der Waals surface area contributed by atoms with Crippen molar-refractivity contribution in [3.05, 3.63) is 24.3 Å². The van der Waals surface area contributed by atoms with Gasteiger partial charge in [0.25, 0.3) is 5.91 Å². The van der Waals surface area contributed by atoms with Crippen molar-refractivity contribution < 1.29 is 19.1 Å². The van der Waals surface area contributed by atoms with Gasteiger partial charge in [-0.3, -0.25) is 9.59 Å². The maximum Gasteiger partial charge on any atom is 0.267 e. The van der Waals surface area contributed by atoms with Gasteiger partial charge in [0, 0.05) is 33.2 Å². The Kier molecular flexibility index (Phi) is 6.05. The first kappa shape index (κ1) is 19.8. The molecule has 0 saturated carbocycles. The minimum Gasteiger partial charge on any atom is -0.485 e. The van der Waals surface area contributed by atoms with E-state index in [1.54, 1.807) is 22.9 Å². The highest BCUT2D eigenvalue weighted by Crippen LogP contribution is 2.31. The third-order valence-corrected chi connectivity index (χ3v) is 6.73. The summed E-state index contributed by atoms with van der Waals surface area (Å²) in [7, 11) is 1.78. The summed E-state index contributed by atoms with van der Waals surface area (Å²) in [5.74, 6) is 1.48. The molecule has 3 heterocycles. The lowest BCUT2D eigenvalue weighted by molar-refractivity contribution is -0.145. The number of amides is 2. The second-order valence-corrected chi connectivity index (χ2v) is 8.68. The minimum absolute atomic E-state index is 0.0366. The molecule has 0 radical (unpaired) electrons. The zero-order valence-corrected chi connectivity index (χ0v) is 17.5. The predicted molar refractivity (Wildman–Crippen MR) is 110 cm³/mol. The molecule has 29 heavy (non-hydrogen) atoms. The third kappa shape index (κ3) is 4.56. The van der Waals surface area contributed by atoms with Crippen molar-refractivity contribution >= 4 is 40.0 Å². The number of thioether (sulfide) groups is 1. The molecule has 1 aromatic carbocycles. The Morgan fingerprint density at radius 3 is 2.62 bits per heavy atom. The lowest BCUT2D eigenvalue weighted by Crippen LogP contribution is -2.55. The first-order valence-corrected chi connectivity index (χ1v) is 11.0. The van der Waals surface area contributed by atoms with Gasteiger partial charge in [-0.15, -0.1) is 10.2 Å². The lowest BCUT2D eigenvalue weighted by atomic mass is 10.2. The summed E-state index contributed by atoms with van der Waals surface area (Å²) in [6, 6.07) is 7.32. The molecule has 4 rings (SSSR count).